The van der Waals surface area contributed by atoms with Crippen LogP contribution in [0.25, 0.3) is 17.0 Å². The first-order chi connectivity index (χ1) is 16.9. The summed E-state index contributed by atoms with van der Waals surface area (Å²) in [6, 6.07) is 14.1. The summed E-state index contributed by atoms with van der Waals surface area (Å²) in [7, 11) is -2.15. The van der Waals surface area contributed by atoms with Crippen LogP contribution in [0.1, 0.15) is 30.0 Å². The van der Waals surface area contributed by atoms with E-state index in [2.05, 4.69) is 33.8 Å². The summed E-state index contributed by atoms with van der Waals surface area (Å²) in [5.41, 5.74) is 2.59. The highest BCUT2D eigenvalue weighted by Gasteiger charge is 2.44. The minimum Gasteiger partial charge on any atom is -0.497 e. The molecule has 5 atom stereocenters. The number of hydrogen-bond donors (Lipinski definition) is 1. The molecule has 6 nitrogen and oxygen atoms in total. The van der Waals surface area contributed by atoms with Crippen LogP contribution < -0.4 is 9.46 Å². The maximum Gasteiger partial charge on any atom is 0.241 e. The fourth-order valence-corrected chi connectivity index (χ4v) is 6.89. The number of rotatable bonds is 8. The summed E-state index contributed by atoms with van der Waals surface area (Å²) < 4.78 is 35.8. The SMILES string of the molecule is C=Cc1ccc(S(=O)(=O)N[C@@H](c2ccnc3ccc(OC)cc23)[C@@H]2CC3CCN2CC3C=C)cc1. The highest BCUT2D eigenvalue weighted by molar-refractivity contribution is 7.89. The Morgan fingerprint density at radius 1 is 1.17 bits per heavy atom. The van der Waals surface area contributed by atoms with Crippen LogP contribution in [0.15, 0.2) is 78.9 Å². The Hall–Kier alpha value is -3.00. The Labute approximate surface area is 207 Å². The lowest BCUT2D eigenvalue weighted by Crippen LogP contribution is -2.57. The van der Waals surface area contributed by atoms with Gasteiger partial charge < -0.3 is 4.74 Å². The average molecular weight is 490 g/mol. The van der Waals surface area contributed by atoms with Crippen molar-refractivity contribution in [3.63, 3.8) is 0 Å². The van der Waals surface area contributed by atoms with E-state index in [1.165, 1.54) is 0 Å². The molecule has 7 heteroatoms. The number of sulfonamides is 1. The molecule has 1 N–H and O–H groups in total. The summed E-state index contributed by atoms with van der Waals surface area (Å²) in [6.45, 7) is 9.65. The molecule has 3 saturated heterocycles. The van der Waals surface area contributed by atoms with Crippen molar-refractivity contribution in [3.8, 4) is 5.75 Å². The van der Waals surface area contributed by atoms with Gasteiger partial charge in [-0.25, -0.2) is 13.1 Å². The van der Waals surface area contributed by atoms with E-state index >= 15 is 0 Å². The van der Waals surface area contributed by atoms with Gasteiger partial charge in [-0.05, 0) is 78.7 Å². The number of hydrogen-bond acceptors (Lipinski definition) is 5. The molecule has 0 spiro atoms. The van der Waals surface area contributed by atoms with Gasteiger partial charge in [-0.15, -0.1) is 6.58 Å². The van der Waals surface area contributed by atoms with Gasteiger partial charge in [0.15, 0.2) is 0 Å². The summed E-state index contributed by atoms with van der Waals surface area (Å²) in [5, 5.41) is 0.893. The average Bonchev–Trinajstić information content (AvgIpc) is 2.91. The molecule has 3 aromatic rings. The molecule has 3 unspecified atom stereocenters. The van der Waals surface area contributed by atoms with Crippen molar-refractivity contribution in [2.24, 2.45) is 11.8 Å². The zero-order valence-electron chi connectivity index (χ0n) is 19.9. The van der Waals surface area contributed by atoms with Gasteiger partial charge in [-0.1, -0.05) is 30.9 Å². The lowest BCUT2D eigenvalue weighted by Gasteiger charge is -2.51. The fraction of sp³-hybridized carbons (Fsp3) is 0.321. The van der Waals surface area contributed by atoms with Crippen LogP contribution in [0, 0.1) is 11.8 Å². The molecule has 2 aromatic carbocycles. The Morgan fingerprint density at radius 2 is 1.97 bits per heavy atom. The van der Waals surface area contributed by atoms with Crippen molar-refractivity contribution in [1.29, 1.82) is 0 Å². The summed E-state index contributed by atoms with van der Waals surface area (Å²) >= 11 is 0. The fourth-order valence-electron chi connectivity index (χ4n) is 5.64. The molecule has 2 bridgehead atoms. The molecule has 0 amide bonds. The molecule has 3 aliphatic heterocycles. The van der Waals surface area contributed by atoms with Crippen LogP contribution in [-0.2, 0) is 10.0 Å². The standard InChI is InChI=1S/C28H31N3O3S/c1-4-19-6-9-23(10-7-19)35(32,33)30-28(27-16-21-13-15-31(27)18-20(21)5-2)24-12-14-29-26-11-8-22(34-3)17-25(24)26/h4-12,14,17,20-21,27-28,30H,1-2,13,15-16,18H2,3H3/t20?,21?,27-,28-/m0/s1. The third-order valence-corrected chi connectivity index (χ3v) is 9.02. The molecule has 35 heavy (non-hydrogen) atoms. The van der Waals surface area contributed by atoms with Crippen molar-refractivity contribution in [1.82, 2.24) is 14.6 Å². The second kappa shape index (κ2) is 9.57. The second-order valence-corrected chi connectivity index (χ2v) is 11.1. The van der Waals surface area contributed by atoms with Gasteiger partial charge in [-0.2, -0.15) is 0 Å². The minimum atomic E-state index is -3.78. The summed E-state index contributed by atoms with van der Waals surface area (Å²) in [4.78, 5) is 7.19. The van der Waals surface area contributed by atoms with Gasteiger partial charge >= 0.3 is 0 Å². The van der Waals surface area contributed by atoms with Crippen LogP contribution in [0.3, 0.4) is 0 Å². The van der Waals surface area contributed by atoms with E-state index in [4.69, 9.17) is 4.74 Å². The van der Waals surface area contributed by atoms with E-state index in [9.17, 15) is 8.42 Å². The van der Waals surface area contributed by atoms with Crippen molar-refractivity contribution in [2.75, 3.05) is 20.2 Å². The third kappa shape index (κ3) is 4.51. The van der Waals surface area contributed by atoms with Crippen LogP contribution in [0.5, 0.6) is 5.75 Å². The molecular weight excluding hydrogens is 458 g/mol. The van der Waals surface area contributed by atoms with E-state index in [1.807, 2.05) is 24.3 Å². The van der Waals surface area contributed by atoms with Crippen molar-refractivity contribution in [3.05, 3.63) is 85.1 Å². The maximum atomic E-state index is 13.6. The monoisotopic (exact) mass is 489 g/mol. The molecule has 0 aliphatic carbocycles. The lowest BCUT2D eigenvalue weighted by molar-refractivity contribution is 0.00490. The first-order valence-corrected chi connectivity index (χ1v) is 13.5. The molecule has 0 saturated carbocycles. The van der Waals surface area contributed by atoms with Crippen LogP contribution in [0.4, 0.5) is 0 Å². The Morgan fingerprint density at radius 3 is 2.63 bits per heavy atom. The number of fused-ring (bicyclic) bond motifs is 4. The second-order valence-electron chi connectivity index (χ2n) is 9.40. The van der Waals surface area contributed by atoms with E-state index < -0.39 is 16.1 Å². The Kier molecular flexibility index (Phi) is 6.49. The number of piperidine rings is 3. The van der Waals surface area contributed by atoms with Crippen LogP contribution >= 0.6 is 0 Å². The number of nitrogens with one attached hydrogen (secondary N) is 1. The lowest BCUT2D eigenvalue weighted by atomic mass is 9.73. The Balaban J connectivity index is 1.60. The molecule has 3 fully saturated rings. The minimum absolute atomic E-state index is 0.0315. The quantitative estimate of drug-likeness (QED) is 0.460. The predicted octanol–water partition coefficient (Wildman–Crippen LogP) is 4.80. The predicted molar refractivity (Wildman–Crippen MR) is 140 cm³/mol. The number of benzene rings is 2. The molecule has 182 valence electrons. The van der Waals surface area contributed by atoms with Gasteiger partial charge in [0.2, 0.25) is 10.0 Å². The topological polar surface area (TPSA) is 71.5 Å². The zero-order valence-corrected chi connectivity index (χ0v) is 20.7. The van der Waals surface area contributed by atoms with Crippen molar-refractivity contribution in [2.45, 2.75) is 29.8 Å². The largest absolute Gasteiger partial charge is 0.497 e. The van der Waals surface area contributed by atoms with Gasteiger partial charge in [0.25, 0.3) is 0 Å². The first-order valence-electron chi connectivity index (χ1n) is 12.0. The van der Waals surface area contributed by atoms with Crippen molar-refractivity contribution >= 4 is 27.0 Å². The number of aromatic nitrogens is 1. The van der Waals surface area contributed by atoms with Gasteiger partial charge in [0.05, 0.1) is 23.6 Å². The van der Waals surface area contributed by atoms with Gasteiger partial charge in [-0.3, -0.25) is 9.88 Å². The molecule has 0 radical (unpaired) electrons. The summed E-state index contributed by atoms with van der Waals surface area (Å²) in [6.07, 6.45) is 7.53. The zero-order chi connectivity index (χ0) is 24.6. The molecule has 3 aliphatic rings. The van der Waals surface area contributed by atoms with Crippen molar-refractivity contribution < 1.29 is 13.2 Å². The number of methoxy groups -OCH3 is 1. The smallest absolute Gasteiger partial charge is 0.241 e. The van der Waals surface area contributed by atoms with Gasteiger partial charge in [0.1, 0.15) is 5.75 Å². The van der Waals surface area contributed by atoms with E-state index in [1.54, 1.807) is 43.6 Å². The molecule has 6 rings (SSSR count). The summed E-state index contributed by atoms with van der Waals surface area (Å²) in [5.74, 6) is 1.66. The molecule has 4 heterocycles. The number of ether oxygens (including phenoxy) is 1. The van der Waals surface area contributed by atoms with E-state index in [0.29, 0.717) is 17.6 Å². The number of pyridine rings is 1. The van der Waals surface area contributed by atoms with E-state index in [-0.39, 0.29) is 10.9 Å². The van der Waals surface area contributed by atoms with Crippen LogP contribution in [0.2, 0.25) is 0 Å². The highest BCUT2D eigenvalue weighted by atomic mass is 32.2. The third-order valence-electron chi connectivity index (χ3n) is 7.56. The Bertz CT molecular complexity index is 1350. The first kappa shape index (κ1) is 23.7. The highest BCUT2D eigenvalue weighted by Crippen LogP contribution is 2.42. The normalized spacial score (nSPS) is 24.7. The van der Waals surface area contributed by atoms with Gasteiger partial charge in [0, 0.05) is 24.2 Å². The molecule has 1 aromatic heterocycles. The van der Waals surface area contributed by atoms with Crippen LogP contribution in [-0.4, -0.2) is 44.5 Å². The molecular formula is C28H31N3O3S. The maximum absolute atomic E-state index is 13.6. The van der Waals surface area contributed by atoms with E-state index in [0.717, 1.165) is 48.0 Å². The number of nitrogens with zero attached hydrogens (tertiary/aromatic N) is 2.